The van der Waals surface area contributed by atoms with Crippen molar-refractivity contribution >= 4 is 30.0 Å². The number of nitrogens with one attached hydrogen (secondary N) is 1. The van der Waals surface area contributed by atoms with Crippen molar-refractivity contribution in [2.75, 3.05) is 6.61 Å². The van der Waals surface area contributed by atoms with Crippen LogP contribution in [-0.2, 0) is 19.0 Å². The minimum Gasteiger partial charge on any atom is -0.459 e. The summed E-state index contributed by atoms with van der Waals surface area (Å²) in [6.45, 7) is 0.486. The van der Waals surface area contributed by atoms with Gasteiger partial charge in [-0.25, -0.2) is 14.4 Å². The number of aliphatic hydroxyl groups is 1. The molecule has 1 amide bonds. The Morgan fingerprint density at radius 2 is 1.18 bits per heavy atom. The van der Waals surface area contributed by atoms with Crippen molar-refractivity contribution < 1.29 is 43.7 Å². The molecule has 0 aliphatic carbocycles. The second kappa shape index (κ2) is 14.8. The zero-order valence-corrected chi connectivity index (χ0v) is 21.5. The lowest BCUT2D eigenvalue weighted by molar-refractivity contribution is -0.122. The maximum Gasteiger partial charge on any atom is 0.338 e. The average molecular weight is 549 g/mol. The molecule has 3 rings (SSSR count). The van der Waals surface area contributed by atoms with Crippen molar-refractivity contribution in [1.29, 1.82) is 0 Å². The number of amides is 1. The van der Waals surface area contributed by atoms with Gasteiger partial charge >= 0.3 is 17.9 Å². The Bertz CT molecular complexity index is 1300. The van der Waals surface area contributed by atoms with E-state index in [1.165, 1.54) is 36.4 Å². The van der Waals surface area contributed by atoms with Crippen LogP contribution < -0.4 is 5.32 Å². The molecule has 11 nitrogen and oxygen atoms in total. The second-order valence-electron chi connectivity index (χ2n) is 8.49. The summed E-state index contributed by atoms with van der Waals surface area (Å²) in [6, 6.07) is 22.2. The molecular weight excluding hydrogens is 520 g/mol. The van der Waals surface area contributed by atoms with E-state index in [2.05, 4.69) is 10.5 Å². The standard InChI is InChI=1S/C29H28N2O9/c1-19(32)31-23(17-30-37)25(39-28(35)21-13-7-3-8-14-21)26(40-29(36)22-15-9-4-10-16-22)24(33)18-38-27(34)20-11-5-2-6-12-20/h2-17,23-26,33,37H,18H2,1H3,(H,31,32)/b30-17-/t23-,24+,25+,26+/m0/s1. The number of ether oxygens (including phenoxy) is 3. The number of rotatable bonds is 12. The molecule has 208 valence electrons. The molecule has 0 unspecified atom stereocenters. The largest absolute Gasteiger partial charge is 0.459 e. The van der Waals surface area contributed by atoms with Crippen LogP contribution in [0.4, 0.5) is 0 Å². The summed E-state index contributed by atoms with van der Waals surface area (Å²) in [7, 11) is 0. The summed E-state index contributed by atoms with van der Waals surface area (Å²) in [4.78, 5) is 50.5. The molecule has 0 aliphatic rings. The highest BCUT2D eigenvalue weighted by atomic mass is 16.6. The van der Waals surface area contributed by atoms with E-state index in [1.807, 2.05) is 0 Å². The molecule has 40 heavy (non-hydrogen) atoms. The summed E-state index contributed by atoms with van der Waals surface area (Å²) < 4.78 is 16.4. The summed E-state index contributed by atoms with van der Waals surface area (Å²) in [5, 5.41) is 25.8. The van der Waals surface area contributed by atoms with Gasteiger partial charge in [0.25, 0.3) is 0 Å². The van der Waals surface area contributed by atoms with Crippen molar-refractivity contribution in [3.63, 3.8) is 0 Å². The molecule has 3 N–H and O–H groups in total. The Morgan fingerprint density at radius 3 is 1.60 bits per heavy atom. The predicted octanol–water partition coefficient (Wildman–Crippen LogP) is 2.62. The van der Waals surface area contributed by atoms with Crippen LogP contribution in [0.3, 0.4) is 0 Å². The van der Waals surface area contributed by atoms with Crippen LogP contribution in [-0.4, -0.2) is 71.3 Å². The molecule has 0 saturated heterocycles. The number of carbonyl (C=O) groups excluding carboxylic acids is 4. The van der Waals surface area contributed by atoms with Gasteiger partial charge in [0.05, 0.1) is 22.9 Å². The first-order chi connectivity index (χ1) is 19.3. The molecule has 0 radical (unpaired) electrons. The maximum absolute atomic E-state index is 13.0. The fraction of sp³-hybridized carbons (Fsp3) is 0.207. The number of hydrogen-bond acceptors (Lipinski definition) is 10. The fourth-order valence-corrected chi connectivity index (χ4v) is 3.67. The van der Waals surface area contributed by atoms with Crippen LogP contribution in [0, 0.1) is 0 Å². The Hall–Kier alpha value is -5.03. The number of carbonyl (C=O) groups is 4. The van der Waals surface area contributed by atoms with Crippen LogP contribution in [0.15, 0.2) is 96.2 Å². The molecular formula is C29H28N2O9. The van der Waals surface area contributed by atoms with E-state index in [1.54, 1.807) is 54.6 Å². The number of oxime groups is 1. The van der Waals surface area contributed by atoms with Gasteiger partial charge in [0.15, 0.2) is 12.2 Å². The molecule has 0 aliphatic heterocycles. The zero-order valence-electron chi connectivity index (χ0n) is 21.5. The monoisotopic (exact) mass is 548 g/mol. The second-order valence-corrected chi connectivity index (χ2v) is 8.49. The normalized spacial score (nSPS) is 13.8. The molecule has 3 aromatic rings. The molecule has 0 fully saturated rings. The van der Waals surface area contributed by atoms with Gasteiger partial charge in [0.1, 0.15) is 18.8 Å². The SMILES string of the molecule is CC(=O)N[C@@H](/C=N\O)[C@@H](OC(=O)c1ccccc1)[C@H](OC(=O)c1ccccc1)[C@H](O)COC(=O)c1ccccc1. The Kier molecular flexibility index (Phi) is 10.9. The van der Waals surface area contributed by atoms with Crippen molar-refractivity contribution in [2.24, 2.45) is 5.16 Å². The Balaban J connectivity index is 1.97. The lowest BCUT2D eigenvalue weighted by Crippen LogP contribution is -2.56. The van der Waals surface area contributed by atoms with Gasteiger partial charge < -0.3 is 29.8 Å². The topological polar surface area (TPSA) is 161 Å². The molecule has 4 atom stereocenters. The third-order valence-corrected chi connectivity index (χ3v) is 5.55. The molecule has 0 bridgehead atoms. The van der Waals surface area contributed by atoms with Gasteiger partial charge in [-0.1, -0.05) is 59.8 Å². The quantitative estimate of drug-likeness (QED) is 0.102. The van der Waals surface area contributed by atoms with E-state index < -0.39 is 54.8 Å². The van der Waals surface area contributed by atoms with E-state index in [9.17, 15) is 29.5 Å². The van der Waals surface area contributed by atoms with Crippen molar-refractivity contribution in [2.45, 2.75) is 31.3 Å². The van der Waals surface area contributed by atoms with E-state index in [4.69, 9.17) is 14.2 Å². The molecule has 0 heterocycles. The summed E-state index contributed by atoms with van der Waals surface area (Å²) in [6.07, 6.45) is -4.25. The molecule has 11 heteroatoms. The number of nitrogens with zero attached hydrogens (tertiary/aromatic N) is 1. The van der Waals surface area contributed by atoms with Gasteiger partial charge in [0.2, 0.25) is 5.91 Å². The van der Waals surface area contributed by atoms with Gasteiger partial charge in [-0.2, -0.15) is 0 Å². The average Bonchev–Trinajstić information content (AvgIpc) is 2.98. The van der Waals surface area contributed by atoms with Crippen LogP contribution in [0.5, 0.6) is 0 Å². The molecule has 0 spiro atoms. The third-order valence-electron chi connectivity index (χ3n) is 5.55. The molecule has 3 aromatic carbocycles. The van der Waals surface area contributed by atoms with Gasteiger partial charge in [0, 0.05) is 6.92 Å². The first kappa shape index (κ1) is 29.5. The molecule has 0 saturated carbocycles. The van der Waals surface area contributed by atoms with E-state index in [-0.39, 0.29) is 16.7 Å². The highest BCUT2D eigenvalue weighted by Crippen LogP contribution is 2.19. The van der Waals surface area contributed by atoms with Gasteiger partial charge in [-0.3, -0.25) is 4.79 Å². The predicted molar refractivity (Wildman–Crippen MR) is 142 cm³/mol. The number of hydrogen-bond donors (Lipinski definition) is 3. The Labute approximate surface area is 230 Å². The summed E-state index contributed by atoms with van der Waals surface area (Å²) in [5.74, 6) is -3.16. The van der Waals surface area contributed by atoms with Gasteiger partial charge in [-0.05, 0) is 36.4 Å². The number of esters is 3. The fourth-order valence-electron chi connectivity index (χ4n) is 3.67. The lowest BCUT2D eigenvalue weighted by atomic mass is 10.0. The minimum atomic E-state index is -1.75. The smallest absolute Gasteiger partial charge is 0.338 e. The van der Waals surface area contributed by atoms with Crippen LogP contribution in [0.25, 0.3) is 0 Å². The van der Waals surface area contributed by atoms with Gasteiger partial charge in [-0.15, -0.1) is 0 Å². The number of benzene rings is 3. The third kappa shape index (κ3) is 8.50. The zero-order chi connectivity index (χ0) is 28.9. The highest BCUT2D eigenvalue weighted by Gasteiger charge is 2.41. The molecule has 0 aromatic heterocycles. The minimum absolute atomic E-state index is 0.112. The van der Waals surface area contributed by atoms with Crippen LogP contribution >= 0.6 is 0 Å². The van der Waals surface area contributed by atoms with Crippen LogP contribution in [0.2, 0.25) is 0 Å². The Morgan fingerprint density at radius 1 is 0.750 bits per heavy atom. The summed E-state index contributed by atoms with van der Waals surface area (Å²) in [5.41, 5.74) is 0.442. The summed E-state index contributed by atoms with van der Waals surface area (Å²) >= 11 is 0. The maximum atomic E-state index is 13.0. The lowest BCUT2D eigenvalue weighted by Gasteiger charge is -2.33. The van der Waals surface area contributed by atoms with Crippen LogP contribution in [0.1, 0.15) is 38.0 Å². The first-order valence-electron chi connectivity index (χ1n) is 12.2. The number of aliphatic hydroxyl groups excluding tert-OH is 1. The van der Waals surface area contributed by atoms with Crippen molar-refractivity contribution in [3.8, 4) is 0 Å². The van der Waals surface area contributed by atoms with E-state index >= 15 is 0 Å². The van der Waals surface area contributed by atoms with E-state index in [0.717, 1.165) is 13.1 Å². The highest BCUT2D eigenvalue weighted by molar-refractivity contribution is 5.91. The first-order valence-corrected chi connectivity index (χ1v) is 12.2. The van der Waals surface area contributed by atoms with Crippen molar-refractivity contribution in [1.82, 2.24) is 5.32 Å². The van der Waals surface area contributed by atoms with E-state index in [0.29, 0.717) is 0 Å². The van der Waals surface area contributed by atoms with Crippen molar-refractivity contribution in [3.05, 3.63) is 108 Å².